The van der Waals surface area contributed by atoms with Gasteiger partial charge in [-0.25, -0.2) is 0 Å². The molecule has 0 radical (unpaired) electrons. The standard InChI is InChI=1S/C72H54B2N2/c1-71(2,3)59-39-51-55-37-47(75(43-23-11-7-12-24-43)44-25-13-8-14-26-44)35-53-49-31-20-22-34-62(49)74(69(53)55)64-42-58-60(72(4,5)6)40-52-56-38-48(76(45-27-15-9-16-28-45)46-29-17-10-18-30-46)36-54-50-32-19-21-33-61(50)73(70(54)56)63-41-57(59)67(65(51)64)68(58)66(52)63/h7-42H,1-6H3. The lowest BCUT2D eigenvalue weighted by Crippen LogP contribution is -2.53. The Hall–Kier alpha value is -8.59. The lowest BCUT2D eigenvalue weighted by molar-refractivity contribution is 0.595. The second-order valence-corrected chi connectivity index (χ2v) is 23.9. The summed E-state index contributed by atoms with van der Waals surface area (Å²) in [6, 6.07) is 83.0. The van der Waals surface area contributed by atoms with Crippen LogP contribution in [0.4, 0.5) is 34.1 Å². The van der Waals surface area contributed by atoms with Crippen LogP contribution in [0.25, 0.3) is 76.8 Å². The molecule has 0 N–H and O–H groups in total. The number of anilines is 6. The van der Waals surface area contributed by atoms with Crippen LogP contribution in [0, 0.1) is 0 Å². The van der Waals surface area contributed by atoms with E-state index >= 15 is 0 Å². The van der Waals surface area contributed by atoms with E-state index in [0.717, 1.165) is 22.7 Å². The second kappa shape index (κ2) is 15.5. The van der Waals surface area contributed by atoms with Gasteiger partial charge in [-0.1, -0.05) is 208 Å². The molecule has 0 aliphatic carbocycles. The molecule has 12 aromatic rings. The molecule has 0 unspecified atom stereocenters. The van der Waals surface area contributed by atoms with Crippen LogP contribution in [0.2, 0.25) is 0 Å². The summed E-state index contributed by atoms with van der Waals surface area (Å²) in [6.07, 6.45) is 0. The molecule has 16 rings (SSSR count). The first-order chi connectivity index (χ1) is 37.0. The van der Waals surface area contributed by atoms with Crippen molar-refractivity contribution in [2.75, 3.05) is 9.80 Å². The molecule has 4 heterocycles. The van der Waals surface area contributed by atoms with Gasteiger partial charge in [-0.3, -0.25) is 0 Å². The minimum atomic E-state index is -0.166. The zero-order valence-corrected chi connectivity index (χ0v) is 43.8. The van der Waals surface area contributed by atoms with Crippen molar-refractivity contribution in [3.05, 3.63) is 230 Å². The predicted octanol–water partition coefficient (Wildman–Crippen LogP) is 15.1. The average molecular weight is 969 g/mol. The molecule has 76 heavy (non-hydrogen) atoms. The molecule has 4 aliphatic rings. The number of hydrogen-bond acceptors (Lipinski definition) is 2. The van der Waals surface area contributed by atoms with Crippen LogP contribution >= 0.6 is 0 Å². The van der Waals surface area contributed by atoms with Crippen LogP contribution in [0.3, 0.4) is 0 Å². The van der Waals surface area contributed by atoms with Crippen LogP contribution in [0.15, 0.2) is 218 Å². The molecule has 0 aromatic heterocycles. The van der Waals surface area contributed by atoms with Gasteiger partial charge in [0.05, 0.1) is 0 Å². The monoisotopic (exact) mass is 968 g/mol. The van der Waals surface area contributed by atoms with Gasteiger partial charge in [0.25, 0.3) is 0 Å². The SMILES string of the molecule is CC(C)(C)c1cc2c3c(cc4c(C(C)(C)C)cc5c6c(cc1c3c46)B1c3ccccc3-c3cc(N(c4ccccc4)c4ccccc4)cc-5c31)B1c3ccccc3-c3cc(N(c4ccccc4)c4ccccc4)cc-2c31. The molecule has 0 atom stereocenters. The van der Waals surface area contributed by atoms with Gasteiger partial charge in [-0.05, 0) is 184 Å². The maximum Gasteiger partial charge on any atom is 0.244 e. The van der Waals surface area contributed by atoms with Crippen molar-refractivity contribution in [3.63, 3.8) is 0 Å². The van der Waals surface area contributed by atoms with E-state index in [-0.39, 0.29) is 24.3 Å². The van der Waals surface area contributed by atoms with Gasteiger partial charge < -0.3 is 9.80 Å². The summed E-state index contributed by atoms with van der Waals surface area (Å²) in [7, 11) is 0. The number of rotatable bonds is 6. The Morgan fingerprint density at radius 1 is 0.263 bits per heavy atom. The average Bonchev–Trinajstić information content (AvgIpc) is 3.97. The van der Waals surface area contributed by atoms with Gasteiger partial charge in [0.2, 0.25) is 13.4 Å². The third kappa shape index (κ3) is 5.96. The van der Waals surface area contributed by atoms with E-state index in [1.165, 1.54) is 132 Å². The molecule has 0 amide bonds. The lowest BCUT2D eigenvalue weighted by Gasteiger charge is -2.36. The molecule has 2 nitrogen and oxygen atoms in total. The summed E-state index contributed by atoms with van der Waals surface area (Å²) >= 11 is 0. The van der Waals surface area contributed by atoms with E-state index in [1.807, 2.05) is 0 Å². The fourth-order valence-corrected chi connectivity index (χ4v) is 14.6. The molecule has 0 fully saturated rings. The number of nitrogens with zero attached hydrogens (tertiary/aromatic N) is 2. The van der Waals surface area contributed by atoms with Gasteiger partial charge in [0.1, 0.15) is 0 Å². The van der Waals surface area contributed by atoms with Crippen LogP contribution < -0.4 is 42.6 Å². The lowest BCUT2D eigenvalue weighted by atomic mass is 9.34. The Labute approximate surface area is 446 Å². The second-order valence-electron chi connectivity index (χ2n) is 23.9. The smallest absolute Gasteiger partial charge is 0.244 e. The summed E-state index contributed by atoms with van der Waals surface area (Å²) in [6.45, 7) is 14.8. The van der Waals surface area contributed by atoms with E-state index in [0.29, 0.717) is 0 Å². The highest BCUT2D eigenvalue weighted by Crippen LogP contribution is 2.53. The molecule has 4 aliphatic heterocycles. The third-order valence-electron chi connectivity index (χ3n) is 17.6. The quantitative estimate of drug-likeness (QED) is 0.121. The summed E-state index contributed by atoms with van der Waals surface area (Å²) in [4.78, 5) is 4.91. The Kier molecular flexibility index (Phi) is 8.93. The molecule has 0 saturated heterocycles. The van der Waals surface area contributed by atoms with Crippen LogP contribution in [-0.2, 0) is 10.8 Å². The molecule has 0 bridgehead atoms. The first-order valence-corrected chi connectivity index (χ1v) is 27.2. The zero-order chi connectivity index (χ0) is 50.9. The van der Waals surface area contributed by atoms with Gasteiger partial charge in [0, 0.05) is 34.1 Å². The molecule has 4 heteroatoms. The van der Waals surface area contributed by atoms with Gasteiger partial charge >= 0.3 is 0 Å². The first kappa shape index (κ1) is 43.8. The van der Waals surface area contributed by atoms with E-state index in [9.17, 15) is 0 Å². The Morgan fingerprint density at radius 3 is 0.895 bits per heavy atom. The topological polar surface area (TPSA) is 6.48 Å². The molecular formula is C72H54B2N2. The number of hydrogen-bond donors (Lipinski definition) is 0. The largest absolute Gasteiger partial charge is 0.310 e. The zero-order valence-electron chi connectivity index (χ0n) is 43.8. The number of para-hydroxylation sites is 4. The highest BCUT2D eigenvalue weighted by molar-refractivity contribution is 7.03. The Bertz CT molecular complexity index is 4050. The highest BCUT2D eigenvalue weighted by atomic mass is 15.1. The number of benzene rings is 12. The predicted molar refractivity (Wildman–Crippen MR) is 328 cm³/mol. The summed E-state index contributed by atoms with van der Waals surface area (Å²) in [5.41, 5.74) is 28.7. The maximum atomic E-state index is 2.69. The normalized spacial score (nSPS) is 13.3. The summed E-state index contributed by atoms with van der Waals surface area (Å²) in [5.74, 6) is 0. The van der Waals surface area contributed by atoms with Crippen molar-refractivity contribution in [3.8, 4) is 44.5 Å². The minimum Gasteiger partial charge on any atom is -0.310 e. The van der Waals surface area contributed by atoms with E-state index < -0.39 is 0 Å². The van der Waals surface area contributed by atoms with Crippen LogP contribution in [0.5, 0.6) is 0 Å². The van der Waals surface area contributed by atoms with Crippen molar-refractivity contribution in [1.82, 2.24) is 0 Å². The van der Waals surface area contributed by atoms with E-state index in [1.54, 1.807) is 0 Å². The van der Waals surface area contributed by atoms with Crippen molar-refractivity contribution in [1.29, 1.82) is 0 Å². The van der Waals surface area contributed by atoms with Crippen molar-refractivity contribution >= 4 is 113 Å². The Morgan fingerprint density at radius 2 is 0.566 bits per heavy atom. The third-order valence-corrected chi connectivity index (χ3v) is 17.6. The van der Waals surface area contributed by atoms with Crippen molar-refractivity contribution < 1.29 is 0 Å². The van der Waals surface area contributed by atoms with Crippen molar-refractivity contribution in [2.24, 2.45) is 0 Å². The van der Waals surface area contributed by atoms with E-state index in [2.05, 4.69) is 270 Å². The summed E-state index contributed by atoms with van der Waals surface area (Å²) in [5, 5.41) is 8.45. The van der Waals surface area contributed by atoms with Crippen molar-refractivity contribution in [2.45, 2.75) is 52.4 Å². The fraction of sp³-hybridized carbons (Fsp3) is 0.111. The molecule has 0 spiro atoms. The number of fused-ring (bicyclic) bond motifs is 10. The summed E-state index contributed by atoms with van der Waals surface area (Å²) < 4.78 is 0. The van der Waals surface area contributed by atoms with Crippen LogP contribution in [-0.4, -0.2) is 13.4 Å². The minimum absolute atomic E-state index is 0.0890. The maximum absolute atomic E-state index is 2.69. The molecule has 0 saturated carbocycles. The molecule has 12 aromatic carbocycles. The molecule has 358 valence electrons. The van der Waals surface area contributed by atoms with Gasteiger partial charge in [-0.2, -0.15) is 0 Å². The highest BCUT2D eigenvalue weighted by Gasteiger charge is 2.46. The Balaban J connectivity index is 1.07. The van der Waals surface area contributed by atoms with E-state index in [4.69, 9.17) is 0 Å². The fourth-order valence-electron chi connectivity index (χ4n) is 14.6. The van der Waals surface area contributed by atoms with Gasteiger partial charge in [0.15, 0.2) is 0 Å². The molecular weight excluding hydrogens is 914 g/mol. The van der Waals surface area contributed by atoms with Gasteiger partial charge in [-0.15, -0.1) is 0 Å². The van der Waals surface area contributed by atoms with Crippen LogP contribution in [0.1, 0.15) is 52.7 Å². The first-order valence-electron chi connectivity index (χ1n) is 27.2.